The molecule has 0 aliphatic carbocycles. The van der Waals surface area contributed by atoms with Crippen molar-refractivity contribution in [3.8, 4) is 0 Å². The van der Waals surface area contributed by atoms with Gasteiger partial charge in [-0.1, -0.05) is 6.07 Å². The number of hydrogen-bond acceptors (Lipinski definition) is 3. The van der Waals surface area contributed by atoms with Crippen molar-refractivity contribution in [3.63, 3.8) is 0 Å². The summed E-state index contributed by atoms with van der Waals surface area (Å²) in [4.78, 5) is 22.8. The molecule has 1 aromatic heterocycles. The van der Waals surface area contributed by atoms with Crippen LogP contribution in [0.2, 0.25) is 0 Å². The highest BCUT2D eigenvalue weighted by Crippen LogP contribution is 2.26. The molecule has 1 fully saturated rings. The number of aromatic nitrogens is 2. The van der Waals surface area contributed by atoms with Gasteiger partial charge in [0.2, 0.25) is 11.8 Å². The zero-order chi connectivity index (χ0) is 11.8. The lowest BCUT2D eigenvalue weighted by atomic mass is 9.90. The first-order valence-corrected chi connectivity index (χ1v) is 5.51. The van der Waals surface area contributed by atoms with Gasteiger partial charge in [-0.25, -0.2) is 0 Å². The van der Waals surface area contributed by atoms with Crippen LogP contribution in [0.25, 0.3) is 10.9 Å². The lowest BCUT2D eigenvalue weighted by Gasteiger charge is -2.20. The maximum Gasteiger partial charge on any atom is 0.234 e. The maximum atomic E-state index is 11.7. The average molecular weight is 229 g/mol. The quantitative estimate of drug-likeness (QED) is 0.718. The van der Waals surface area contributed by atoms with Crippen LogP contribution < -0.4 is 5.32 Å². The van der Waals surface area contributed by atoms with Crippen LogP contribution in [0.5, 0.6) is 0 Å². The van der Waals surface area contributed by atoms with Crippen molar-refractivity contribution in [1.82, 2.24) is 15.5 Å². The molecule has 3 rings (SSSR count). The molecule has 2 N–H and O–H groups in total. The van der Waals surface area contributed by atoms with Crippen LogP contribution in [-0.4, -0.2) is 22.0 Å². The Kier molecular flexibility index (Phi) is 2.18. The summed E-state index contributed by atoms with van der Waals surface area (Å²) in [6.07, 6.45) is 2.71. The molecule has 5 nitrogen and oxygen atoms in total. The molecule has 0 saturated carbocycles. The molecular weight excluding hydrogens is 218 g/mol. The van der Waals surface area contributed by atoms with Gasteiger partial charge >= 0.3 is 0 Å². The van der Waals surface area contributed by atoms with E-state index in [4.69, 9.17) is 0 Å². The molecule has 1 aromatic carbocycles. The molecule has 1 aliphatic heterocycles. The van der Waals surface area contributed by atoms with Crippen LogP contribution in [0.4, 0.5) is 0 Å². The second-order valence-electron chi connectivity index (χ2n) is 4.22. The Bertz CT molecular complexity index is 603. The van der Waals surface area contributed by atoms with Gasteiger partial charge in [0, 0.05) is 11.8 Å². The Hall–Kier alpha value is -2.17. The third-order valence-electron chi connectivity index (χ3n) is 3.11. The minimum atomic E-state index is -0.230. The third-order valence-corrected chi connectivity index (χ3v) is 3.11. The fraction of sp³-hybridized carbons (Fsp3) is 0.250. The lowest BCUT2D eigenvalue weighted by Crippen LogP contribution is -2.39. The Morgan fingerprint density at radius 3 is 3.00 bits per heavy atom. The number of amides is 2. The molecule has 2 amide bonds. The fourth-order valence-corrected chi connectivity index (χ4v) is 2.19. The molecule has 1 saturated heterocycles. The first-order valence-electron chi connectivity index (χ1n) is 5.51. The molecular formula is C12H11N3O2. The Labute approximate surface area is 97.2 Å². The van der Waals surface area contributed by atoms with Crippen LogP contribution in [0.3, 0.4) is 0 Å². The number of nitrogens with one attached hydrogen (secondary N) is 2. The van der Waals surface area contributed by atoms with Gasteiger partial charge in [-0.2, -0.15) is 5.10 Å². The van der Waals surface area contributed by atoms with Crippen molar-refractivity contribution in [3.05, 3.63) is 30.0 Å². The molecule has 17 heavy (non-hydrogen) atoms. The number of H-pyrrole nitrogens is 1. The van der Waals surface area contributed by atoms with Crippen molar-refractivity contribution in [2.75, 3.05) is 0 Å². The molecule has 5 heteroatoms. The van der Waals surface area contributed by atoms with Crippen molar-refractivity contribution < 1.29 is 9.59 Å². The predicted molar refractivity (Wildman–Crippen MR) is 61.2 cm³/mol. The third kappa shape index (κ3) is 1.69. The van der Waals surface area contributed by atoms with Crippen LogP contribution in [0.1, 0.15) is 24.3 Å². The summed E-state index contributed by atoms with van der Waals surface area (Å²) in [7, 11) is 0. The van der Waals surface area contributed by atoms with E-state index < -0.39 is 0 Å². The summed E-state index contributed by atoms with van der Waals surface area (Å²) in [5.74, 6) is -0.619. The summed E-state index contributed by atoms with van der Waals surface area (Å²) in [5, 5.41) is 10.1. The minimum absolute atomic E-state index is 0.185. The normalized spacial score (nSPS) is 20.6. The summed E-state index contributed by atoms with van der Waals surface area (Å²) in [6, 6.07) is 5.75. The molecule has 0 radical (unpaired) electrons. The number of hydrogen-bond donors (Lipinski definition) is 2. The van der Waals surface area contributed by atoms with E-state index in [2.05, 4.69) is 15.5 Å². The van der Waals surface area contributed by atoms with E-state index in [0.717, 1.165) is 16.5 Å². The smallest absolute Gasteiger partial charge is 0.234 e. The Morgan fingerprint density at radius 1 is 1.29 bits per heavy atom. The Morgan fingerprint density at radius 2 is 2.18 bits per heavy atom. The van der Waals surface area contributed by atoms with Gasteiger partial charge in [0.25, 0.3) is 0 Å². The van der Waals surface area contributed by atoms with Gasteiger partial charge in [0.1, 0.15) is 0 Å². The van der Waals surface area contributed by atoms with Gasteiger partial charge < -0.3 is 0 Å². The SMILES string of the molecule is O=C1CCC(c2ccc3[nH]ncc3c2)C(=O)N1. The summed E-state index contributed by atoms with van der Waals surface area (Å²) < 4.78 is 0. The largest absolute Gasteiger partial charge is 0.296 e. The van der Waals surface area contributed by atoms with E-state index in [0.29, 0.717) is 12.8 Å². The highest BCUT2D eigenvalue weighted by molar-refractivity contribution is 6.01. The number of nitrogens with zero attached hydrogens (tertiary/aromatic N) is 1. The average Bonchev–Trinajstić information content (AvgIpc) is 2.75. The number of fused-ring (bicyclic) bond motifs is 1. The van der Waals surface area contributed by atoms with Crippen molar-refractivity contribution in [2.45, 2.75) is 18.8 Å². The highest BCUT2D eigenvalue weighted by atomic mass is 16.2. The van der Waals surface area contributed by atoms with E-state index in [9.17, 15) is 9.59 Å². The van der Waals surface area contributed by atoms with Gasteiger partial charge in [0.15, 0.2) is 0 Å². The maximum absolute atomic E-state index is 11.7. The van der Waals surface area contributed by atoms with Crippen molar-refractivity contribution in [1.29, 1.82) is 0 Å². The molecule has 2 heterocycles. The lowest BCUT2D eigenvalue weighted by molar-refractivity contribution is -0.134. The number of imide groups is 1. The summed E-state index contributed by atoms with van der Waals surface area (Å²) in [6.45, 7) is 0. The second kappa shape index (κ2) is 3.69. The van der Waals surface area contributed by atoms with Crippen LogP contribution in [0.15, 0.2) is 24.4 Å². The van der Waals surface area contributed by atoms with Gasteiger partial charge in [-0.15, -0.1) is 0 Å². The molecule has 86 valence electrons. The number of aromatic amines is 1. The predicted octanol–water partition coefficient (Wildman–Crippen LogP) is 1.08. The second-order valence-corrected chi connectivity index (χ2v) is 4.22. The van der Waals surface area contributed by atoms with Crippen molar-refractivity contribution in [2.24, 2.45) is 0 Å². The van der Waals surface area contributed by atoms with E-state index in [1.807, 2.05) is 18.2 Å². The molecule has 1 atom stereocenters. The van der Waals surface area contributed by atoms with Crippen LogP contribution >= 0.6 is 0 Å². The summed E-state index contributed by atoms with van der Waals surface area (Å²) >= 11 is 0. The Balaban J connectivity index is 1.97. The number of benzene rings is 1. The topological polar surface area (TPSA) is 74.8 Å². The van der Waals surface area contributed by atoms with Crippen LogP contribution in [0, 0.1) is 0 Å². The number of carbonyl (C=O) groups excluding carboxylic acids is 2. The van der Waals surface area contributed by atoms with Crippen molar-refractivity contribution >= 4 is 22.7 Å². The first-order chi connectivity index (χ1) is 8.24. The molecule has 0 bridgehead atoms. The van der Waals surface area contributed by atoms with E-state index in [-0.39, 0.29) is 17.7 Å². The molecule has 2 aromatic rings. The van der Waals surface area contributed by atoms with Crippen LogP contribution in [-0.2, 0) is 9.59 Å². The highest BCUT2D eigenvalue weighted by Gasteiger charge is 2.27. The van der Waals surface area contributed by atoms with E-state index in [1.165, 1.54) is 0 Å². The number of piperidine rings is 1. The molecule has 0 spiro atoms. The minimum Gasteiger partial charge on any atom is -0.296 e. The van der Waals surface area contributed by atoms with E-state index in [1.54, 1.807) is 6.20 Å². The number of carbonyl (C=O) groups is 2. The van der Waals surface area contributed by atoms with Gasteiger partial charge in [-0.3, -0.25) is 20.0 Å². The summed E-state index contributed by atoms with van der Waals surface area (Å²) in [5.41, 5.74) is 1.88. The zero-order valence-electron chi connectivity index (χ0n) is 9.06. The first kappa shape index (κ1) is 10.0. The monoisotopic (exact) mass is 229 g/mol. The standard InChI is InChI=1S/C12H11N3O2/c16-11-4-2-9(12(17)14-11)7-1-3-10-8(5-7)6-13-15-10/h1,3,5-6,9H,2,4H2,(H,13,15)(H,14,16,17). The number of rotatable bonds is 1. The molecule has 1 aliphatic rings. The zero-order valence-corrected chi connectivity index (χ0v) is 9.06. The fourth-order valence-electron chi connectivity index (χ4n) is 2.19. The molecule has 1 unspecified atom stereocenters. The van der Waals surface area contributed by atoms with Gasteiger partial charge in [-0.05, 0) is 24.1 Å². The van der Waals surface area contributed by atoms with E-state index >= 15 is 0 Å². The van der Waals surface area contributed by atoms with Gasteiger partial charge in [0.05, 0.1) is 17.6 Å².